The Hall–Kier alpha value is 0.300. The minimum Gasteiger partial charge on any atom is -0.344 e. The van der Waals surface area contributed by atoms with E-state index in [1.807, 2.05) is 0 Å². The van der Waals surface area contributed by atoms with Crippen molar-refractivity contribution in [1.82, 2.24) is 6.15 Å². The average Bonchev–Trinajstić information content (AvgIpc) is 1.86. The SMILES string of the molecule is COP(C)(=O)OP(C)(=O)OC.N. The van der Waals surface area contributed by atoms with E-state index in [0.717, 1.165) is 0 Å². The summed E-state index contributed by atoms with van der Waals surface area (Å²) >= 11 is 0. The fourth-order valence-electron chi connectivity index (χ4n) is 0.336. The van der Waals surface area contributed by atoms with Gasteiger partial charge in [-0.05, 0) is 0 Å². The van der Waals surface area contributed by atoms with Gasteiger partial charge in [-0.2, -0.15) is 0 Å². The molecule has 0 spiro atoms. The average molecular weight is 219 g/mol. The first-order chi connectivity index (χ1) is 4.83. The van der Waals surface area contributed by atoms with Gasteiger partial charge < -0.3 is 15.2 Å². The van der Waals surface area contributed by atoms with Crippen molar-refractivity contribution in [2.24, 2.45) is 0 Å². The van der Waals surface area contributed by atoms with E-state index in [-0.39, 0.29) is 6.15 Å². The zero-order valence-electron chi connectivity index (χ0n) is 7.64. The maximum absolute atomic E-state index is 11.1. The van der Waals surface area contributed by atoms with Gasteiger partial charge in [-0.1, -0.05) is 0 Å². The van der Waals surface area contributed by atoms with Gasteiger partial charge in [-0.3, -0.25) is 9.13 Å². The van der Waals surface area contributed by atoms with Crippen molar-refractivity contribution >= 4 is 15.2 Å². The van der Waals surface area contributed by atoms with Crippen molar-refractivity contribution in [3.8, 4) is 0 Å². The van der Waals surface area contributed by atoms with Crippen LogP contribution in [0, 0.1) is 0 Å². The molecule has 0 aromatic carbocycles. The predicted molar refractivity (Wildman–Crippen MR) is 47.2 cm³/mol. The molecule has 0 aromatic rings. The lowest BCUT2D eigenvalue weighted by atomic mass is 11.8. The lowest BCUT2D eigenvalue weighted by Gasteiger charge is -2.15. The van der Waals surface area contributed by atoms with E-state index < -0.39 is 15.2 Å². The van der Waals surface area contributed by atoms with Gasteiger partial charge in [0.25, 0.3) is 0 Å². The molecule has 0 saturated heterocycles. The second kappa shape index (κ2) is 5.12. The van der Waals surface area contributed by atoms with Crippen LogP contribution in [0.2, 0.25) is 0 Å². The van der Waals surface area contributed by atoms with Gasteiger partial charge in [0.1, 0.15) is 0 Å². The molecular formula is C4H15NO5P2. The van der Waals surface area contributed by atoms with Crippen LogP contribution in [-0.2, 0) is 22.5 Å². The summed E-state index contributed by atoms with van der Waals surface area (Å²) in [4.78, 5) is 0. The number of hydrogen-bond acceptors (Lipinski definition) is 6. The van der Waals surface area contributed by atoms with E-state index in [2.05, 4.69) is 13.4 Å². The van der Waals surface area contributed by atoms with E-state index in [4.69, 9.17) is 0 Å². The lowest BCUT2D eigenvalue weighted by Crippen LogP contribution is -1.90. The fraction of sp³-hybridized carbons (Fsp3) is 1.00. The van der Waals surface area contributed by atoms with Gasteiger partial charge in [-0.15, -0.1) is 0 Å². The summed E-state index contributed by atoms with van der Waals surface area (Å²) in [5.74, 6) is 0. The van der Waals surface area contributed by atoms with Crippen LogP contribution in [0.1, 0.15) is 0 Å². The maximum Gasteiger partial charge on any atom is 0.334 e. The molecule has 2 unspecified atom stereocenters. The van der Waals surface area contributed by atoms with Gasteiger partial charge in [-0.25, -0.2) is 4.31 Å². The zero-order valence-corrected chi connectivity index (χ0v) is 9.43. The first-order valence-corrected chi connectivity index (χ1v) is 6.79. The molecule has 0 rings (SSSR count). The Balaban J connectivity index is 0. The monoisotopic (exact) mass is 219 g/mol. The molecule has 0 saturated carbocycles. The Labute approximate surface area is 72.2 Å². The van der Waals surface area contributed by atoms with E-state index in [1.165, 1.54) is 27.5 Å². The third kappa shape index (κ3) is 5.89. The summed E-state index contributed by atoms with van der Waals surface area (Å²) in [6, 6.07) is 0. The summed E-state index contributed by atoms with van der Waals surface area (Å²) in [6.07, 6.45) is 0. The first kappa shape index (κ1) is 14.8. The van der Waals surface area contributed by atoms with Gasteiger partial charge in [0, 0.05) is 27.5 Å². The Bertz CT molecular complexity index is 195. The van der Waals surface area contributed by atoms with Crippen LogP contribution >= 0.6 is 15.2 Å². The van der Waals surface area contributed by atoms with E-state index in [0.29, 0.717) is 0 Å². The number of hydrogen-bond donors (Lipinski definition) is 1. The summed E-state index contributed by atoms with van der Waals surface area (Å²) in [7, 11) is -3.96. The van der Waals surface area contributed by atoms with Crippen molar-refractivity contribution in [3.05, 3.63) is 0 Å². The second-order valence-electron chi connectivity index (χ2n) is 1.99. The van der Waals surface area contributed by atoms with Crippen molar-refractivity contribution in [2.45, 2.75) is 0 Å². The zero-order chi connectivity index (χ0) is 9.12. The summed E-state index contributed by atoms with van der Waals surface area (Å²) in [5.41, 5.74) is 0. The second-order valence-corrected chi connectivity index (χ2v) is 6.46. The van der Waals surface area contributed by atoms with Crippen LogP contribution in [0.5, 0.6) is 0 Å². The van der Waals surface area contributed by atoms with Crippen LogP contribution < -0.4 is 6.15 Å². The minimum absolute atomic E-state index is 0. The van der Waals surface area contributed by atoms with Crippen LogP contribution in [0.3, 0.4) is 0 Å². The molecule has 6 nitrogen and oxygen atoms in total. The molecule has 0 radical (unpaired) electrons. The molecule has 0 heterocycles. The van der Waals surface area contributed by atoms with Gasteiger partial charge in [0.15, 0.2) is 0 Å². The predicted octanol–water partition coefficient (Wildman–Crippen LogP) is 2.10. The van der Waals surface area contributed by atoms with E-state index in [1.54, 1.807) is 0 Å². The molecule has 2 atom stereocenters. The minimum atomic E-state index is -3.20. The molecule has 12 heavy (non-hydrogen) atoms. The molecular weight excluding hydrogens is 204 g/mol. The van der Waals surface area contributed by atoms with Crippen molar-refractivity contribution in [3.63, 3.8) is 0 Å². The molecule has 8 heteroatoms. The van der Waals surface area contributed by atoms with Crippen LogP contribution in [0.25, 0.3) is 0 Å². The summed E-state index contributed by atoms with van der Waals surface area (Å²) < 4.78 is 35.6. The van der Waals surface area contributed by atoms with Crippen LogP contribution in [-0.4, -0.2) is 27.5 Å². The molecule has 0 amide bonds. The highest BCUT2D eigenvalue weighted by molar-refractivity contribution is 7.66. The third-order valence-electron chi connectivity index (χ3n) is 0.960. The molecule has 0 aliphatic carbocycles. The smallest absolute Gasteiger partial charge is 0.334 e. The highest BCUT2D eigenvalue weighted by Gasteiger charge is 2.26. The Kier molecular flexibility index (Phi) is 6.32. The lowest BCUT2D eigenvalue weighted by molar-refractivity contribution is 0.284. The summed E-state index contributed by atoms with van der Waals surface area (Å²) in [5, 5.41) is 0. The highest BCUT2D eigenvalue weighted by atomic mass is 31.3. The van der Waals surface area contributed by atoms with Gasteiger partial charge >= 0.3 is 15.2 Å². The third-order valence-corrected chi connectivity index (χ3v) is 4.66. The molecule has 0 aliphatic heterocycles. The Morgan fingerprint density at radius 3 is 1.33 bits per heavy atom. The standard InChI is InChI=1S/C4H12O5P2.H3N/c1-7-10(3,5)9-11(4,6)8-2;/h1-4H3;1H3. The Morgan fingerprint density at radius 2 is 1.17 bits per heavy atom. The molecule has 3 N–H and O–H groups in total. The molecule has 0 fully saturated rings. The van der Waals surface area contributed by atoms with Gasteiger partial charge in [0.05, 0.1) is 0 Å². The van der Waals surface area contributed by atoms with Crippen molar-refractivity contribution in [1.29, 1.82) is 0 Å². The van der Waals surface area contributed by atoms with Crippen LogP contribution in [0.15, 0.2) is 0 Å². The molecule has 0 bridgehead atoms. The molecule has 0 aromatic heterocycles. The molecule has 76 valence electrons. The largest absolute Gasteiger partial charge is 0.344 e. The molecule has 0 aliphatic rings. The fourth-order valence-corrected chi connectivity index (χ4v) is 3.02. The summed E-state index contributed by atoms with van der Waals surface area (Å²) in [6.45, 7) is 2.45. The van der Waals surface area contributed by atoms with Crippen molar-refractivity contribution < 1.29 is 22.5 Å². The first-order valence-electron chi connectivity index (χ1n) is 2.81. The quantitative estimate of drug-likeness (QED) is 0.727. The van der Waals surface area contributed by atoms with E-state index >= 15 is 0 Å². The van der Waals surface area contributed by atoms with Crippen molar-refractivity contribution in [2.75, 3.05) is 27.5 Å². The van der Waals surface area contributed by atoms with E-state index in [9.17, 15) is 9.13 Å². The highest BCUT2D eigenvalue weighted by Crippen LogP contribution is 2.60. The topological polar surface area (TPSA) is 96.8 Å². The normalized spacial score (nSPS) is 20.3. The van der Waals surface area contributed by atoms with Crippen LogP contribution in [0.4, 0.5) is 0 Å². The Morgan fingerprint density at radius 1 is 0.917 bits per heavy atom. The maximum atomic E-state index is 11.1. The number of rotatable bonds is 4. The van der Waals surface area contributed by atoms with Gasteiger partial charge in [0.2, 0.25) is 0 Å².